The Labute approximate surface area is 185 Å². The highest BCUT2D eigenvalue weighted by Crippen LogP contribution is 2.20. The molecular formula is C25H34N4O2. The molecule has 0 spiro atoms. The Morgan fingerprint density at radius 2 is 1.87 bits per heavy atom. The van der Waals surface area contributed by atoms with E-state index in [0.29, 0.717) is 19.0 Å². The maximum absolute atomic E-state index is 10.6. The molecule has 31 heavy (non-hydrogen) atoms. The average molecular weight is 423 g/mol. The zero-order chi connectivity index (χ0) is 22.1. The lowest BCUT2D eigenvalue weighted by Gasteiger charge is -2.18. The molecule has 2 aromatic rings. The first-order valence-electron chi connectivity index (χ1n) is 11.0. The lowest BCUT2D eigenvalue weighted by molar-refractivity contribution is 0.179. The van der Waals surface area contributed by atoms with Crippen LogP contribution in [-0.4, -0.2) is 43.3 Å². The molecule has 3 N–H and O–H groups in total. The van der Waals surface area contributed by atoms with Crippen LogP contribution in [0.1, 0.15) is 38.0 Å². The van der Waals surface area contributed by atoms with Gasteiger partial charge in [-0.05, 0) is 56.2 Å². The van der Waals surface area contributed by atoms with Gasteiger partial charge in [0.15, 0.2) is 5.96 Å². The van der Waals surface area contributed by atoms with E-state index in [-0.39, 0.29) is 6.10 Å². The maximum atomic E-state index is 10.6. The fraction of sp³-hybridized carbons (Fsp3) is 0.400. The third kappa shape index (κ3) is 7.03. The summed E-state index contributed by atoms with van der Waals surface area (Å²) < 4.78 is 5.73. The molecule has 6 heteroatoms. The van der Waals surface area contributed by atoms with Crippen LogP contribution in [0.25, 0.3) is 0 Å². The molecule has 0 saturated heterocycles. The molecule has 0 saturated carbocycles. The van der Waals surface area contributed by atoms with Gasteiger partial charge in [-0.1, -0.05) is 36.4 Å². The van der Waals surface area contributed by atoms with Crippen LogP contribution in [0.15, 0.2) is 65.7 Å². The van der Waals surface area contributed by atoms with E-state index in [0.717, 1.165) is 36.5 Å². The quantitative estimate of drug-likeness (QED) is 0.327. The minimum Gasteiger partial charge on any atom is -0.491 e. The van der Waals surface area contributed by atoms with Crippen LogP contribution in [0.2, 0.25) is 0 Å². The van der Waals surface area contributed by atoms with E-state index >= 15 is 0 Å². The zero-order valence-corrected chi connectivity index (χ0v) is 18.7. The van der Waals surface area contributed by atoms with Crippen LogP contribution in [0.5, 0.6) is 5.75 Å². The van der Waals surface area contributed by atoms with Crippen molar-refractivity contribution in [3.63, 3.8) is 0 Å². The van der Waals surface area contributed by atoms with Gasteiger partial charge in [0.1, 0.15) is 5.75 Å². The van der Waals surface area contributed by atoms with Crippen molar-refractivity contribution in [2.75, 3.05) is 31.1 Å². The van der Waals surface area contributed by atoms with Crippen molar-refractivity contribution in [3.05, 3.63) is 71.8 Å². The summed E-state index contributed by atoms with van der Waals surface area (Å²) in [6.45, 7) is 9.59. The number of benzene rings is 2. The number of hydrogen-bond acceptors (Lipinski definition) is 4. The van der Waals surface area contributed by atoms with Crippen molar-refractivity contribution in [2.45, 2.75) is 39.5 Å². The third-order valence-electron chi connectivity index (χ3n) is 4.94. The van der Waals surface area contributed by atoms with Gasteiger partial charge in [0, 0.05) is 31.9 Å². The highest BCUT2D eigenvalue weighted by molar-refractivity contribution is 5.79. The van der Waals surface area contributed by atoms with E-state index in [2.05, 4.69) is 52.0 Å². The van der Waals surface area contributed by atoms with Crippen molar-refractivity contribution in [1.82, 2.24) is 10.6 Å². The molecule has 1 atom stereocenters. The summed E-state index contributed by atoms with van der Waals surface area (Å²) in [5.74, 6) is 1.45. The molecule has 0 fully saturated rings. The molecule has 1 unspecified atom stereocenters. The molecule has 0 bridgehead atoms. The monoisotopic (exact) mass is 422 g/mol. The second-order valence-electron chi connectivity index (χ2n) is 7.88. The Morgan fingerprint density at radius 1 is 1.10 bits per heavy atom. The Hall–Kier alpha value is -2.99. The van der Waals surface area contributed by atoms with Crippen molar-refractivity contribution in [3.8, 4) is 5.75 Å². The van der Waals surface area contributed by atoms with Gasteiger partial charge in [-0.25, -0.2) is 4.99 Å². The van der Waals surface area contributed by atoms with Gasteiger partial charge in [0.25, 0.3) is 0 Å². The molecule has 0 aliphatic carbocycles. The second kappa shape index (κ2) is 11.4. The van der Waals surface area contributed by atoms with Crippen molar-refractivity contribution >= 4 is 11.6 Å². The molecule has 166 valence electrons. The van der Waals surface area contributed by atoms with Gasteiger partial charge in [0.05, 0.1) is 18.8 Å². The molecule has 3 rings (SSSR count). The largest absolute Gasteiger partial charge is 0.491 e. The van der Waals surface area contributed by atoms with Crippen molar-refractivity contribution < 1.29 is 9.84 Å². The minimum absolute atomic E-state index is 0.0956. The molecule has 0 radical (unpaired) electrons. The highest BCUT2D eigenvalue weighted by Gasteiger charge is 2.11. The molecule has 1 aliphatic rings. The number of aliphatic hydroxyl groups excluding tert-OH is 1. The Kier molecular flexibility index (Phi) is 8.35. The predicted molar refractivity (Wildman–Crippen MR) is 128 cm³/mol. The van der Waals surface area contributed by atoms with Gasteiger partial charge in [-0.3, -0.25) is 0 Å². The topological polar surface area (TPSA) is 69.1 Å². The van der Waals surface area contributed by atoms with Gasteiger partial charge < -0.3 is 25.4 Å². The summed E-state index contributed by atoms with van der Waals surface area (Å²) in [6, 6.07) is 16.1. The predicted octanol–water partition coefficient (Wildman–Crippen LogP) is 3.64. The SMILES string of the molecule is CCNC(=NCc1cccc(N2CC=CC2)c1)NCC(O)c1cccc(OC(C)C)c1. The summed E-state index contributed by atoms with van der Waals surface area (Å²) in [7, 11) is 0. The molecule has 2 aromatic carbocycles. The van der Waals surface area contributed by atoms with Crippen LogP contribution < -0.4 is 20.3 Å². The number of rotatable bonds is 9. The van der Waals surface area contributed by atoms with E-state index in [4.69, 9.17) is 9.73 Å². The fourth-order valence-corrected chi connectivity index (χ4v) is 3.43. The number of hydrogen-bond donors (Lipinski definition) is 3. The Bertz CT molecular complexity index is 887. The number of guanidine groups is 1. The van der Waals surface area contributed by atoms with Gasteiger partial charge >= 0.3 is 0 Å². The van der Waals surface area contributed by atoms with E-state index in [1.807, 2.05) is 45.0 Å². The van der Waals surface area contributed by atoms with E-state index in [1.54, 1.807) is 0 Å². The lowest BCUT2D eigenvalue weighted by Crippen LogP contribution is -2.39. The summed E-state index contributed by atoms with van der Waals surface area (Å²) in [5.41, 5.74) is 3.18. The Balaban J connectivity index is 1.59. The summed E-state index contributed by atoms with van der Waals surface area (Å²) in [6.07, 6.45) is 3.81. The summed E-state index contributed by atoms with van der Waals surface area (Å²) in [5, 5.41) is 17.1. The van der Waals surface area contributed by atoms with Crippen LogP contribution in [-0.2, 0) is 6.54 Å². The van der Waals surface area contributed by atoms with E-state index in [1.165, 1.54) is 5.69 Å². The van der Waals surface area contributed by atoms with Crippen molar-refractivity contribution in [1.29, 1.82) is 0 Å². The van der Waals surface area contributed by atoms with Crippen LogP contribution in [0.4, 0.5) is 5.69 Å². The normalized spacial score (nSPS) is 14.7. The smallest absolute Gasteiger partial charge is 0.191 e. The Morgan fingerprint density at radius 3 is 2.61 bits per heavy atom. The van der Waals surface area contributed by atoms with Crippen LogP contribution in [0.3, 0.4) is 0 Å². The third-order valence-corrected chi connectivity index (χ3v) is 4.94. The first-order valence-corrected chi connectivity index (χ1v) is 11.0. The summed E-state index contributed by atoms with van der Waals surface area (Å²) >= 11 is 0. The zero-order valence-electron chi connectivity index (χ0n) is 18.7. The number of nitrogens with one attached hydrogen (secondary N) is 2. The highest BCUT2D eigenvalue weighted by atomic mass is 16.5. The van der Waals surface area contributed by atoms with Gasteiger partial charge in [0.2, 0.25) is 0 Å². The summed E-state index contributed by atoms with van der Waals surface area (Å²) in [4.78, 5) is 7.02. The first-order chi connectivity index (χ1) is 15.0. The van der Waals surface area contributed by atoms with E-state index in [9.17, 15) is 5.11 Å². The molecule has 1 aliphatic heterocycles. The van der Waals surface area contributed by atoms with Crippen LogP contribution in [0, 0.1) is 0 Å². The van der Waals surface area contributed by atoms with E-state index < -0.39 is 6.10 Å². The number of ether oxygens (including phenoxy) is 1. The number of aliphatic hydroxyl groups is 1. The van der Waals surface area contributed by atoms with Crippen molar-refractivity contribution in [2.24, 2.45) is 4.99 Å². The number of nitrogens with zero attached hydrogens (tertiary/aromatic N) is 2. The molecule has 6 nitrogen and oxygen atoms in total. The maximum Gasteiger partial charge on any atom is 0.191 e. The minimum atomic E-state index is -0.662. The van der Waals surface area contributed by atoms with Gasteiger partial charge in [-0.2, -0.15) is 0 Å². The molecule has 0 aromatic heterocycles. The number of anilines is 1. The standard InChI is InChI=1S/C25H34N4O2/c1-4-26-25(27-17-20-9-7-11-22(15-20)29-13-5-6-14-29)28-18-24(30)21-10-8-12-23(16-21)31-19(2)3/h5-12,15-16,19,24,30H,4,13-14,17-18H2,1-3H3,(H2,26,27,28). The second-order valence-corrected chi connectivity index (χ2v) is 7.88. The first kappa shape index (κ1) is 22.7. The van der Waals surface area contributed by atoms with Gasteiger partial charge in [-0.15, -0.1) is 0 Å². The van der Waals surface area contributed by atoms with Crippen LogP contribution >= 0.6 is 0 Å². The molecule has 0 amide bonds. The lowest BCUT2D eigenvalue weighted by atomic mass is 10.1. The average Bonchev–Trinajstić information content (AvgIpc) is 3.30. The molecule has 1 heterocycles. The number of aliphatic imine (C=N–C) groups is 1. The fourth-order valence-electron chi connectivity index (χ4n) is 3.43. The molecular weight excluding hydrogens is 388 g/mol.